The van der Waals surface area contributed by atoms with E-state index in [1.165, 1.54) is 48.7 Å². The minimum absolute atomic E-state index is 0.592. The van der Waals surface area contributed by atoms with Crippen LogP contribution in [0.3, 0.4) is 0 Å². The Balaban J connectivity index is 2.34. The van der Waals surface area contributed by atoms with Gasteiger partial charge in [0.25, 0.3) is 0 Å². The number of hydrogen-bond acceptors (Lipinski definition) is 3. The molecule has 1 heterocycles. The van der Waals surface area contributed by atoms with Crippen molar-refractivity contribution in [2.24, 2.45) is 0 Å². The van der Waals surface area contributed by atoms with Crippen LogP contribution in [0.5, 0.6) is 0 Å². The molecule has 0 amide bonds. The van der Waals surface area contributed by atoms with Gasteiger partial charge in [0.05, 0.1) is 4.08 Å². The Hall–Kier alpha value is 1.05. The van der Waals surface area contributed by atoms with Gasteiger partial charge in [0.2, 0.25) is 0 Å². The summed E-state index contributed by atoms with van der Waals surface area (Å²) in [6.45, 7) is 4.59. The Morgan fingerprint density at radius 2 is 1.86 bits per heavy atom. The molecule has 0 saturated carbocycles. The quantitative estimate of drug-likeness (QED) is 0.637. The molecule has 0 atom stereocenters. The minimum Gasteiger partial charge on any atom is -0.162 e. The van der Waals surface area contributed by atoms with Crippen molar-refractivity contribution < 1.29 is 0 Å². The van der Waals surface area contributed by atoms with E-state index in [0.29, 0.717) is 4.08 Å². The molecule has 0 nitrogen and oxygen atoms in total. The first-order valence-corrected chi connectivity index (χ1v) is 8.81. The van der Waals surface area contributed by atoms with Gasteiger partial charge in [0.1, 0.15) is 0 Å². The normalized spacial score (nSPS) is 21.0. The molecule has 0 aliphatic carbocycles. The van der Waals surface area contributed by atoms with Crippen molar-refractivity contribution in [3.8, 4) is 0 Å². The highest BCUT2D eigenvalue weighted by Gasteiger charge is 2.31. The van der Waals surface area contributed by atoms with E-state index in [1.807, 2.05) is 0 Å². The van der Waals surface area contributed by atoms with Gasteiger partial charge < -0.3 is 0 Å². The average Bonchev–Trinajstić information content (AvgIpc) is 2.20. The SMILES string of the molecule is CCCC1(CCSCC)SCCCS1. The highest BCUT2D eigenvalue weighted by atomic mass is 32.2. The van der Waals surface area contributed by atoms with E-state index in [-0.39, 0.29) is 0 Å². The van der Waals surface area contributed by atoms with Crippen LogP contribution in [0, 0.1) is 0 Å². The third kappa shape index (κ3) is 4.28. The van der Waals surface area contributed by atoms with Gasteiger partial charge in [-0.1, -0.05) is 20.3 Å². The average molecular weight is 250 g/mol. The van der Waals surface area contributed by atoms with Gasteiger partial charge in [-0.05, 0) is 42.3 Å². The molecule has 0 N–H and O–H groups in total. The van der Waals surface area contributed by atoms with E-state index in [2.05, 4.69) is 49.1 Å². The molecule has 0 radical (unpaired) electrons. The Morgan fingerprint density at radius 1 is 1.14 bits per heavy atom. The van der Waals surface area contributed by atoms with E-state index in [9.17, 15) is 0 Å². The van der Waals surface area contributed by atoms with E-state index < -0.39 is 0 Å². The third-order valence-electron chi connectivity index (χ3n) is 2.48. The molecular formula is C11H22S3. The maximum atomic E-state index is 2.32. The topological polar surface area (TPSA) is 0 Å². The van der Waals surface area contributed by atoms with Crippen LogP contribution in [0.2, 0.25) is 0 Å². The van der Waals surface area contributed by atoms with Crippen molar-refractivity contribution in [3.05, 3.63) is 0 Å². The van der Waals surface area contributed by atoms with Crippen LogP contribution >= 0.6 is 35.3 Å². The molecule has 1 saturated heterocycles. The van der Waals surface area contributed by atoms with Gasteiger partial charge in [-0.25, -0.2) is 0 Å². The summed E-state index contributed by atoms with van der Waals surface area (Å²) in [4.78, 5) is 0. The van der Waals surface area contributed by atoms with Gasteiger partial charge in [-0.3, -0.25) is 0 Å². The standard InChI is InChI=1S/C11H22S3/c1-3-6-11(7-10-12-4-2)13-8-5-9-14-11/h3-10H2,1-2H3. The van der Waals surface area contributed by atoms with Crippen LogP contribution < -0.4 is 0 Å². The maximum Gasteiger partial charge on any atom is 0.0618 e. The lowest BCUT2D eigenvalue weighted by molar-refractivity contribution is 0.675. The van der Waals surface area contributed by atoms with Crippen LogP contribution in [0.25, 0.3) is 0 Å². The van der Waals surface area contributed by atoms with Crippen molar-refractivity contribution in [1.29, 1.82) is 0 Å². The summed E-state index contributed by atoms with van der Waals surface area (Å²) in [7, 11) is 0. The Bertz CT molecular complexity index is 136. The fourth-order valence-electron chi connectivity index (χ4n) is 1.78. The van der Waals surface area contributed by atoms with Crippen LogP contribution in [-0.4, -0.2) is 27.1 Å². The Kier molecular flexibility index (Phi) is 6.88. The first kappa shape index (κ1) is 13.1. The van der Waals surface area contributed by atoms with Crippen molar-refractivity contribution >= 4 is 35.3 Å². The fourth-order valence-corrected chi connectivity index (χ4v) is 6.35. The molecule has 1 aliphatic heterocycles. The molecular weight excluding hydrogens is 228 g/mol. The zero-order valence-electron chi connectivity index (χ0n) is 9.38. The molecule has 0 aromatic rings. The van der Waals surface area contributed by atoms with Crippen molar-refractivity contribution in [1.82, 2.24) is 0 Å². The second kappa shape index (κ2) is 7.34. The molecule has 1 rings (SSSR count). The Morgan fingerprint density at radius 3 is 2.43 bits per heavy atom. The summed E-state index contributed by atoms with van der Waals surface area (Å²) in [6.07, 6.45) is 5.58. The molecule has 0 spiro atoms. The second-order valence-corrected chi connectivity index (χ2v) is 8.27. The number of hydrogen-bond donors (Lipinski definition) is 0. The van der Waals surface area contributed by atoms with Crippen molar-refractivity contribution in [3.63, 3.8) is 0 Å². The molecule has 1 aliphatic rings. The summed E-state index contributed by atoms with van der Waals surface area (Å²) < 4.78 is 0.592. The van der Waals surface area contributed by atoms with Crippen molar-refractivity contribution in [2.45, 2.75) is 43.6 Å². The lowest BCUT2D eigenvalue weighted by Gasteiger charge is -2.36. The summed E-state index contributed by atoms with van der Waals surface area (Å²) in [5, 5.41) is 0. The Labute approximate surface area is 102 Å². The van der Waals surface area contributed by atoms with Crippen LogP contribution in [0.4, 0.5) is 0 Å². The van der Waals surface area contributed by atoms with E-state index in [0.717, 1.165) is 0 Å². The highest BCUT2D eigenvalue weighted by Crippen LogP contribution is 2.48. The van der Waals surface area contributed by atoms with Crippen LogP contribution in [0.15, 0.2) is 0 Å². The van der Waals surface area contributed by atoms with E-state index in [4.69, 9.17) is 0 Å². The number of thioether (sulfide) groups is 3. The van der Waals surface area contributed by atoms with Gasteiger partial charge in [-0.15, -0.1) is 23.5 Å². The molecule has 14 heavy (non-hydrogen) atoms. The first-order chi connectivity index (χ1) is 6.83. The molecule has 1 fully saturated rings. The zero-order chi connectivity index (χ0) is 10.3. The molecule has 0 aromatic heterocycles. The van der Waals surface area contributed by atoms with Crippen LogP contribution in [0.1, 0.15) is 39.5 Å². The zero-order valence-corrected chi connectivity index (χ0v) is 11.8. The summed E-state index contributed by atoms with van der Waals surface area (Å²) in [5.41, 5.74) is 0. The summed E-state index contributed by atoms with van der Waals surface area (Å²) in [6, 6.07) is 0. The number of rotatable bonds is 6. The van der Waals surface area contributed by atoms with Gasteiger partial charge in [-0.2, -0.15) is 11.8 Å². The van der Waals surface area contributed by atoms with E-state index >= 15 is 0 Å². The highest BCUT2D eigenvalue weighted by molar-refractivity contribution is 8.18. The molecule has 0 aromatic carbocycles. The molecule has 0 unspecified atom stereocenters. The van der Waals surface area contributed by atoms with Gasteiger partial charge in [0.15, 0.2) is 0 Å². The smallest absolute Gasteiger partial charge is 0.0618 e. The van der Waals surface area contributed by atoms with Gasteiger partial charge in [0, 0.05) is 0 Å². The fraction of sp³-hybridized carbons (Fsp3) is 1.00. The minimum atomic E-state index is 0.592. The monoisotopic (exact) mass is 250 g/mol. The van der Waals surface area contributed by atoms with Crippen molar-refractivity contribution in [2.75, 3.05) is 23.0 Å². The van der Waals surface area contributed by atoms with E-state index in [1.54, 1.807) is 0 Å². The predicted octanol–water partition coefficient (Wildman–Crippen LogP) is 4.50. The summed E-state index contributed by atoms with van der Waals surface area (Å²) >= 11 is 6.57. The van der Waals surface area contributed by atoms with Crippen LogP contribution in [-0.2, 0) is 0 Å². The summed E-state index contributed by atoms with van der Waals surface area (Å²) in [5.74, 6) is 5.42. The molecule has 0 bridgehead atoms. The second-order valence-electron chi connectivity index (χ2n) is 3.66. The largest absolute Gasteiger partial charge is 0.162 e. The van der Waals surface area contributed by atoms with Gasteiger partial charge >= 0.3 is 0 Å². The lowest BCUT2D eigenvalue weighted by Crippen LogP contribution is -2.25. The predicted molar refractivity (Wildman–Crippen MR) is 74.8 cm³/mol. The lowest BCUT2D eigenvalue weighted by atomic mass is 10.2. The first-order valence-electron chi connectivity index (χ1n) is 5.68. The third-order valence-corrected chi connectivity index (χ3v) is 6.94. The molecule has 84 valence electrons. The molecule has 3 heteroatoms. The maximum absolute atomic E-state index is 2.32.